The Labute approximate surface area is 185 Å². The zero-order chi connectivity index (χ0) is 21.8. The van der Waals surface area contributed by atoms with E-state index in [0.29, 0.717) is 19.7 Å². The Bertz CT molecular complexity index is 1120. The third kappa shape index (κ3) is 4.74. The highest BCUT2D eigenvalue weighted by Crippen LogP contribution is 2.33. The molecule has 0 spiro atoms. The standard InChI is InChI=1S/C23H27N3O4S/c1-25(13-14-30-17-9-7-16(29-2)8-10-17)20(27)11-12-26-15-24-22-21(23(26)28)18-5-3-4-6-19(18)31-22/h7-10,15H,3-6,11-14H2,1-2H3. The summed E-state index contributed by atoms with van der Waals surface area (Å²) in [5, 5.41) is 0.760. The maximum atomic E-state index is 13.0. The van der Waals surface area contributed by atoms with Crippen LogP contribution in [-0.2, 0) is 24.2 Å². The monoisotopic (exact) mass is 441 g/mol. The van der Waals surface area contributed by atoms with Crippen molar-refractivity contribution in [3.8, 4) is 11.5 Å². The van der Waals surface area contributed by atoms with Crippen molar-refractivity contribution in [3.05, 3.63) is 51.4 Å². The van der Waals surface area contributed by atoms with Gasteiger partial charge in [0.05, 0.1) is 25.4 Å². The predicted molar refractivity (Wildman–Crippen MR) is 121 cm³/mol. The minimum Gasteiger partial charge on any atom is -0.497 e. The Morgan fingerprint density at radius 1 is 1.19 bits per heavy atom. The molecule has 0 bridgehead atoms. The summed E-state index contributed by atoms with van der Waals surface area (Å²) in [6, 6.07) is 7.33. The number of ether oxygens (including phenoxy) is 2. The quantitative estimate of drug-likeness (QED) is 0.536. The van der Waals surface area contributed by atoms with E-state index in [2.05, 4.69) is 4.98 Å². The third-order valence-corrected chi connectivity index (χ3v) is 6.89. The minimum atomic E-state index is -0.0299. The second-order valence-corrected chi connectivity index (χ2v) is 8.81. The average molecular weight is 442 g/mol. The van der Waals surface area contributed by atoms with Gasteiger partial charge in [-0.25, -0.2) is 4.98 Å². The van der Waals surface area contributed by atoms with Gasteiger partial charge in [0.15, 0.2) is 0 Å². The summed E-state index contributed by atoms with van der Waals surface area (Å²) < 4.78 is 12.4. The Kier molecular flexibility index (Phi) is 6.56. The van der Waals surface area contributed by atoms with Crippen molar-refractivity contribution in [1.29, 1.82) is 0 Å². The van der Waals surface area contributed by atoms with E-state index in [1.54, 1.807) is 41.3 Å². The number of aromatic nitrogens is 2. The van der Waals surface area contributed by atoms with Crippen LogP contribution in [0.4, 0.5) is 0 Å². The molecule has 8 heteroatoms. The molecule has 2 aromatic heterocycles. The molecule has 0 unspecified atom stereocenters. The zero-order valence-corrected chi connectivity index (χ0v) is 18.7. The first-order valence-corrected chi connectivity index (χ1v) is 11.4. The van der Waals surface area contributed by atoms with Gasteiger partial charge in [-0.1, -0.05) is 0 Å². The number of methoxy groups -OCH3 is 1. The van der Waals surface area contributed by atoms with Crippen molar-refractivity contribution in [3.63, 3.8) is 0 Å². The van der Waals surface area contributed by atoms with Crippen molar-refractivity contribution in [2.24, 2.45) is 0 Å². The molecule has 1 aliphatic carbocycles. The van der Waals surface area contributed by atoms with Crippen molar-refractivity contribution in [1.82, 2.24) is 14.5 Å². The van der Waals surface area contributed by atoms with E-state index in [1.165, 1.54) is 16.9 Å². The van der Waals surface area contributed by atoms with Crippen LogP contribution in [0.15, 0.2) is 35.4 Å². The van der Waals surface area contributed by atoms with Crippen LogP contribution in [-0.4, -0.2) is 47.7 Å². The number of fused-ring (bicyclic) bond motifs is 3. The third-order valence-electron chi connectivity index (χ3n) is 5.69. The van der Waals surface area contributed by atoms with Gasteiger partial charge < -0.3 is 14.4 Å². The van der Waals surface area contributed by atoms with E-state index in [4.69, 9.17) is 9.47 Å². The molecule has 0 aliphatic heterocycles. The number of likely N-dealkylation sites (N-methyl/N-ethyl adjacent to an activating group) is 1. The molecule has 0 atom stereocenters. The van der Waals surface area contributed by atoms with Crippen LogP contribution in [0.1, 0.15) is 29.7 Å². The zero-order valence-electron chi connectivity index (χ0n) is 17.9. The molecule has 7 nitrogen and oxygen atoms in total. The summed E-state index contributed by atoms with van der Waals surface area (Å²) in [5.74, 6) is 1.47. The van der Waals surface area contributed by atoms with Crippen molar-refractivity contribution in [2.45, 2.75) is 38.6 Å². The number of carbonyl (C=O) groups is 1. The second-order valence-electron chi connectivity index (χ2n) is 7.72. The van der Waals surface area contributed by atoms with Gasteiger partial charge in [0.1, 0.15) is 22.9 Å². The van der Waals surface area contributed by atoms with Crippen molar-refractivity contribution in [2.75, 3.05) is 27.3 Å². The molecule has 31 heavy (non-hydrogen) atoms. The van der Waals surface area contributed by atoms with Crippen LogP contribution < -0.4 is 15.0 Å². The summed E-state index contributed by atoms with van der Waals surface area (Å²) in [4.78, 5) is 33.8. The summed E-state index contributed by atoms with van der Waals surface area (Å²) in [6.07, 6.45) is 6.11. The molecular formula is C23H27N3O4S. The molecule has 2 heterocycles. The van der Waals surface area contributed by atoms with Crippen molar-refractivity contribution >= 4 is 27.5 Å². The van der Waals surface area contributed by atoms with Gasteiger partial charge in [-0.2, -0.15) is 0 Å². The molecule has 0 N–H and O–H groups in total. The second kappa shape index (κ2) is 9.51. The largest absolute Gasteiger partial charge is 0.497 e. The van der Waals surface area contributed by atoms with Gasteiger partial charge in [0, 0.05) is 24.9 Å². The Balaban J connectivity index is 1.32. The molecule has 164 valence electrons. The van der Waals surface area contributed by atoms with Gasteiger partial charge in [-0.15, -0.1) is 11.3 Å². The van der Waals surface area contributed by atoms with E-state index in [-0.39, 0.29) is 17.9 Å². The molecule has 4 rings (SSSR count). The lowest BCUT2D eigenvalue weighted by Crippen LogP contribution is -2.32. The molecule has 1 aromatic carbocycles. The lowest BCUT2D eigenvalue weighted by Gasteiger charge is -2.18. The molecule has 3 aromatic rings. The fourth-order valence-corrected chi connectivity index (χ4v) is 5.06. The van der Waals surface area contributed by atoms with Crippen LogP contribution in [0.3, 0.4) is 0 Å². The maximum Gasteiger partial charge on any atom is 0.262 e. The van der Waals surface area contributed by atoms with Crippen molar-refractivity contribution < 1.29 is 14.3 Å². The number of hydrogen-bond acceptors (Lipinski definition) is 6. The van der Waals surface area contributed by atoms with Gasteiger partial charge >= 0.3 is 0 Å². The lowest BCUT2D eigenvalue weighted by molar-refractivity contribution is -0.130. The fourth-order valence-electron chi connectivity index (χ4n) is 3.84. The SMILES string of the molecule is COc1ccc(OCCN(C)C(=O)CCn2cnc3sc4c(c3c2=O)CCCC4)cc1. The van der Waals surface area contributed by atoms with E-state index in [1.807, 2.05) is 24.3 Å². The fraction of sp³-hybridized carbons (Fsp3) is 0.435. The molecule has 0 saturated heterocycles. The minimum absolute atomic E-state index is 0.0253. The van der Waals surface area contributed by atoms with Crippen LogP contribution in [0.2, 0.25) is 0 Å². The number of benzene rings is 1. The van der Waals surface area contributed by atoms with Gasteiger partial charge in [0.2, 0.25) is 5.91 Å². The van der Waals surface area contributed by atoms with Crippen LogP contribution in [0.5, 0.6) is 11.5 Å². The lowest BCUT2D eigenvalue weighted by atomic mass is 9.97. The molecule has 0 radical (unpaired) electrons. The number of amides is 1. The molecular weight excluding hydrogens is 414 g/mol. The first-order valence-electron chi connectivity index (χ1n) is 10.6. The normalized spacial score (nSPS) is 13.1. The maximum absolute atomic E-state index is 13.0. The highest BCUT2D eigenvalue weighted by molar-refractivity contribution is 7.18. The number of rotatable bonds is 8. The van der Waals surface area contributed by atoms with E-state index >= 15 is 0 Å². The Morgan fingerprint density at radius 3 is 2.71 bits per heavy atom. The van der Waals surface area contributed by atoms with Crippen LogP contribution in [0, 0.1) is 0 Å². The Morgan fingerprint density at radius 2 is 1.94 bits per heavy atom. The summed E-state index contributed by atoms with van der Waals surface area (Å²) in [5.41, 5.74) is 1.15. The molecule has 0 saturated carbocycles. The smallest absolute Gasteiger partial charge is 0.262 e. The first kappa shape index (κ1) is 21.4. The average Bonchev–Trinajstić information content (AvgIpc) is 3.18. The van der Waals surface area contributed by atoms with E-state index < -0.39 is 0 Å². The van der Waals surface area contributed by atoms with Gasteiger partial charge in [-0.05, 0) is 55.5 Å². The Hall–Kier alpha value is -2.87. The highest BCUT2D eigenvalue weighted by Gasteiger charge is 2.20. The molecule has 1 aliphatic rings. The number of thiophene rings is 1. The first-order chi connectivity index (χ1) is 15.1. The number of nitrogens with zero attached hydrogens (tertiary/aromatic N) is 3. The van der Waals surface area contributed by atoms with Gasteiger partial charge in [-0.3, -0.25) is 14.2 Å². The molecule has 1 amide bonds. The van der Waals surface area contributed by atoms with Crippen LogP contribution >= 0.6 is 11.3 Å². The van der Waals surface area contributed by atoms with E-state index in [9.17, 15) is 9.59 Å². The summed E-state index contributed by atoms with van der Waals surface area (Å²) >= 11 is 1.64. The van der Waals surface area contributed by atoms with E-state index in [0.717, 1.165) is 41.0 Å². The number of carbonyl (C=O) groups excluding carboxylic acids is 1. The van der Waals surface area contributed by atoms with Crippen LogP contribution in [0.25, 0.3) is 10.2 Å². The number of hydrogen-bond donors (Lipinski definition) is 0. The molecule has 0 fully saturated rings. The highest BCUT2D eigenvalue weighted by atomic mass is 32.1. The summed E-state index contributed by atoms with van der Waals surface area (Å²) in [6.45, 7) is 1.19. The number of aryl methyl sites for hydroxylation is 3. The summed E-state index contributed by atoms with van der Waals surface area (Å²) in [7, 11) is 3.37. The van der Waals surface area contributed by atoms with Gasteiger partial charge in [0.25, 0.3) is 5.56 Å². The predicted octanol–water partition coefficient (Wildman–Crippen LogP) is 3.27. The topological polar surface area (TPSA) is 73.7 Å².